The zero-order chi connectivity index (χ0) is 28.3. The minimum absolute atomic E-state index is 0. The summed E-state index contributed by atoms with van der Waals surface area (Å²) < 4.78 is 68.8. The number of benzene rings is 2. The standard InChI is InChI=1S/2C12H10N4O3S.Ni/c2*17-20(18,19)12-3-8(9-4-13-14-5-9)1-2-11(12)10-6-15-16-7-10;/h2*1-7H,(H,13,14)(H,15,16)(H,17,18,19);/q;;+2/p-2. The number of hydrogen-bond donors (Lipinski definition) is 4. The molecule has 0 saturated heterocycles. The van der Waals surface area contributed by atoms with Crippen molar-refractivity contribution in [3.05, 3.63) is 86.0 Å². The molecule has 14 nitrogen and oxygen atoms in total. The van der Waals surface area contributed by atoms with Gasteiger partial charge in [0.25, 0.3) is 0 Å². The maximum absolute atomic E-state index is 11.5. The fraction of sp³-hybridized carbons (Fsp3) is 0. The predicted molar refractivity (Wildman–Crippen MR) is 139 cm³/mol. The Labute approximate surface area is 243 Å². The Kier molecular flexibility index (Phi) is 8.65. The third-order valence-electron chi connectivity index (χ3n) is 5.78. The predicted octanol–water partition coefficient (Wildman–Crippen LogP) is 2.74. The van der Waals surface area contributed by atoms with E-state index in [0.29, 0.717) is 44.5 Å². The van der Waals surface area contributed by atoms with Gasteiger partial charge in [-0.25, -0.2) is 16.8 Å². The van der Waals surface area contributed by atoms with Gasteiger partial charge >= 0.3 is 16.5 Å². The summed E-state index contributed by atoms with van der Waals surface area (Å²) in [5.41, 5.74) is 4.32. The quantitative estimate of drug-likeness (QED) is 0.154. The number of rotatable bonds is 6. The SMILES string of the molecule is O=S(=O)([O-])c1cc(-c2cn[nH]c2)ccc1-c1cn[nH]c1.O=S(=O)([O-])c1cc(-c2cn[nH]c2)ccc1-c1cn[nH]c1.[Ni+2]. The van der Waals surface area contributed by atoms with Gasteiger partial charge in [-0.3, -0.25) is 20.4 Å². The Morgan fingerprint density at radius 3 is 1.07 bits per heavy atom. The number of nitrogens with zero attached hydrogens (tertiary/aromatic N) is 4. The molecule has 0 aliphatic heterocycles. The van der Waals surface area contributed by atoms with Crippen LogP contribution in [0.25, 0.3) is 44.5 Å². The van der Waals surface area contributed by atoms with Crippen molar-refractivity contribution < 1.29 is 42.4 Å². The minimum Gasteiger partial charge on any atom is -0.744 e. The van der Waals surface area contributed by atoms with Gasteiger partial charge < -0.3 is 9.11 Å². The maximum Gasteiger partial charge on any atom is 2.00 e. The third-order valence-corrected chi connectivity index (χ3v) is 7.54. The number of nitrogens with one attached hydrogen (secondary N) is 4. The minimum atomic E-state index is -4.60. The molecule has 0 aliphatic carbocycles. The van der Waals surface area contributed by atoms with E-state index in [2.05, 4.69) is 40.8 Å². The summed E-state index contributed by atoms with van der Waals surface area (Å²) in [6.07, 6.45) is 12.3. The monoisotopic (exact) mass is 636 g/mol. The Balaban J connectivity index is 0.000000184. The molecule has 0 spiro atoms. The first-order valence-corrected chi connectivity index (χ1v) is 14.1. The topological polar surface area (TPSA) is 229 Å². The van der Waals surface area contributed by atoms with Gasteiger partial charge in [-0.05, 0) is 23.3 Å². The van der Waals surface area contributed by atoms with E-state index < -0.39 is 20.2 Å². The first-order valence-electron chi connectivity index (χ1n) is 11.3. The van der Waals surface area contributed by atoms with Gasteiger partial charge in [0, 0.05) is 58.2 Å². The van der Waals surface area contributed by atoms with E-state index in [1.807, 2.05) is 0 Å². The van der Waals surface area contributed by atoms with Crippen LogP contribution < -0.4 is 0 Å². The van der Waals surface area contributed by atoms with Crippen LogP contribution in [-0.4, -0.2) is 66.7 Å². The molecule has 0 amide bonds. The van der Waals surface area contributed by atoms with Crippen molar-refractivity contribution in [3.8, 4) is 44.5 Å². The molecular formula is C24H18N8NiO6S2. The van der Waals surface area contributed by atoms with Crippen molar-refractivity contribution in [3.63, 3.8) is 0 Å². The summed E-state index contributed by atoms with van der Waals surface area (Å²) in [5.74, 6) is 0. The van der Waals surface area contributed by atoms with Crippen molar-refractivity contribution in [1.29, 1.82) is 0 Å². The summed E-state index contributed by atoms with van der Waals surface area (Å²) in [6, 6.07) is 9.30. The molecule has 4 heterocycles. The molecule has 0 radical (unpaired) electrons. The molecule has 41 heavy (non-hydrogen) atoms. The van der Waals surface area contributed by atoms with Gasteiger partial charge in [0.15, 0.2) is 0 Å². The number of aromatic amines is 4. The third kappa shape index (κ3) is 6.67. The van der Waals surface area contributed by atoms with Crippen molar-refractivity contribution in [1.82, 2.24) is 40.8 Å². The van der Waals surface area contributed by atoms with E-state index in [1.165, 1.54) is 36.9 Å². The van der Waals surface area contributed by atoms with Crippen molar-refractivity contribution in [2.45, 2.75) is 9.79 Å². The normalized spacial score (nSPS) is 11.4. The van der Waals surface area contributed by atoms with Gasteiger partial charge in [0.1, 0.15) is 20.2 Å². The largest absolute Gasteiger partial charge is 2.00 e. The van der Waals surface area contributed by atoms with Crippen LogP contribution in [0, 0.1) is 0 Å². The van der Waals surface area contributed by atoms with Crippen LogP contribution in [0.5, 0.6) is 0 Å². The molecule has 6 aromatic rings. The van der Waals surface area contributed by atoms with Gasteiger partial charge in [-0.1, -0.05) is 24.3 Å². The van der Waals surface area contributed by atoms with E-state index >= 15 is 0 Å². The molecule has 0 saturated carbocycles. The van der Waals surface area contributed by atoms with Crippen LogP contribution >= 0.6 is 0 Å². The van der Waals surface area contributed by atoms with Crippen LogP contribution in [-0.2, 0) is 36.7 Å². The Morgan fingerprint density at radius 2 is 0.805 bits per heavy atom. The van der Waals surface area contributed by atoms with E-state index in [9.17, 15) is 25.9 Å². The van der Waals surface area contributed by atoms with Crippen LogP contribution in [0.2, 0.25) is 0 Å². The molecule has 0 fully saturated rings. The summed E-state index contributed by atoms with van der Waals surface area (Å²) in [4.78, 5) is -0.560. The maximum atomic E-state index is 11.5. The Morgan fingerprint density at radius 1 is 0.488 bits per heavy atom. The average Bonchev–Trinajstić information content (AvgIpc) is 3.76. The number of aromatic nitrogens is 8. The van der Waals surface area contributed by atoms with Gasteiger partial charge in [0.2, 0.25) is 0 Å². The smallest absolute Gasteiger partial charge is 0.744 e. The summed E-state index contributed by atoms with van der Waals surface area (Å²) in [5, 5.41) is 25.6. The molecule has 0 aliphatic rings. The first-order chi connectivity index (χ1) is 19.1. The summed E-state index contributed by atoms with van der Waals surface area (Å²) in [7, 11) is -9.19. The van der Waals surface area contributed by atoms with Crippen LogP contribution in [0.3, 0.4) is 0 Å². The van der Waals surface area contributed by atoms with E-state index in [4.69, 9.17) is 0 Å². The van der Waals surface area contributed by atoms with Crippen LogP contribution in [0.4, 0.5) is 0 Å². The molecule has 0 unspecified atom stereocenters. The van der Waals surface area contributed by atoms with Crippen molar-refractivity contribution in [2.24, 2.45) is 0 Å². The number of hydrogen-bond acceptors (Lipinski definition) is 10. The van der Waals surface area contributed by atoms with E-state index in [-0.39, 0.29) is 26.3 Å². The molecule has 4 aromatic heterocycles. The molecule has 6 rings (SSSR count). The Hall–Kier alpha value is -4.41. The fourth-order valence-electron chi connectivity index (χ4n) is 3.91. The first kappa shape index (κ1) is 29.6. The summed E-state index contributed by atoms with van der Waals surface area (Å²) >= 11 is 0. The average molecular weight is 637 g/mol. The molecule has 4 N–H and O–H groups in total. The van der Waals surface area contributed by atoms with Gasteiger partial charge in [0.05, 0.1) is 34.6 Å². The second kappa shape index (κ2) is 12.0. The molecule has 0 atom stereocenters. The Bertz CT molecular complexity index is 1800. The fourth-order valence-corrected chi connectivity index (χ4v) is 5.36. The second-order valence-corrected chi connectivity index (χ2v) is 11.0. The molecule has 212 valence electrons. The molecule has 2 aromatic carbocycles. The van der Waals surface area contributed by atoms with E-state index in [1.54, 1.807) is 49.1 Å². The van der Waals surface area contributed by atoms with Gasteiger partial charge in [-0.2, -0.15) is 20.4 Å². The van der Waals surface area contributed by atoms with E-state index in [0.717, 1.165) is 0 Å². The molecule has 17 heteroatoms. The van der Waals surface area contributed by atoms with Crippen molar-refractivity contribution >= 4 is 20.2 Å². The van der Waals surface area contributed by atoms with Crippen LogP contribution in [0.15, 0.2) is 95.8 Å². The number of H-pyrrole nitrogens is 4. The van der Waals surface area contributed by atoms with Crippen molar-refractivity contribution in [2.75, 3.05) is 0 Å². The van der Waals surface area contributed by atoms with Crippen LogP contribution in [0.1, 0.15) is 0 Å². The summed E-state index contributed by atoms with van der Waals surface area (Å²) in [6.45, 7) is 0. The molecule has 0 bridgehead atoms. The second-order valence-electron chi connectivity index (χ2n) is 8.28. The van der Waals surface area contributed by atoms with Gasteiger partial charge in [-0.15, -0.1) is 0 Å². The zero-order valence-corrected chi connectivity index (χ0v) is 23.1. The zero-order valence-electron chi connectivity index (χ0n) is 20.5. The molecular weight excluding hydrogens is 619 g/mol.